The Morgan fingerprint density at radius 2 is 0.597 bits per heavy atom. The van der Waals surface area contributed by atoms with Gasteiger partial charge in [0.15, 0.2) is 0 Å². The Morgan fingerprint density at radius 1 is 0.284 bits per heavy atom. The first-order valence-corrected chi connectivity index (χ1v) is 31.2. The van der Waals surface area contributed by atoms with Gasteiger partial charge in [0.25, 0.3) is 0 Å². The van der Waals surface area contributed by atoms with E-state index in [4.69, 9.17) is 0 Å². The zero-order chi connectivity index (χ0) is 45.1. The van der Waals surface area contributed by atoms with Gasteiger partial charge in [0.2, 0.25) is 0 Å². The fourth-order valence-electron chi connectivity index (χ4n) is 20.6. The first-order chi connectivity index (χ1) is 33.1. The average molecular weight is 917 g/mol. The van der Waals surface area contributed by atoms with Crippen molar-refractivity contribution in [1.82, 2.24) is 14.7 Å². The van der Waals surface area contributed by atoms with Crippen LogP contribution in [0.15, 0.2) is 0 Å². The largest absolute Gasteiger partial charge is 0.294 e. The summed E-state index contributed by atoms with van der Waals surface area (Å²) < 4.78 is 0. The second-order valence-corrected chi connectivity index (χ2v) is 26.9. The Bertz CT molecular complexity index is 1480. The van der Waals surface area contributed by atoms with Crippen LogP contribution >= 0.6 is 0 Å². The van der Waals surface area contributed by atoms with Crippen LogP contribution in [0.25, 0.3) is 0 Å². The van der Waals surface area contributed by atoms with Crippen LogP contribution in [0.1, 0.15) is 263 Å². The van der Waals surface area contributed by atoms with Gasteiger partial charge in [-0.2, -0.15) is 10.5 Å². The molecule has 9 unspecified atom stereocenters. The summed E-state index contributed by atoms with van der Waals surface area (Å²) >= 11 is 0. The molecule has 1 aliphatic heterocycles. The van der Waals surface area contributed by atoms with E-state index in [1.54, 1.807) is 12.8 Å². The van der Waals surface area contributed by atoms with Crippen molar-refractivity contribution in [3.8, 4) is 12.1 Å². The Labute approximate surface area is 412 Å². The number of nitrogens with zero attached hydrogens (tertiary/aromatic N) is 5. The third-order valence-corrected chi connectivity index (χ3v) is 23.8. The lowest BCUT2D eigenvalue weighted by molar-refractivity contribution is 0.00189. The molecule has 0 bridgehead atoms. The van der Waals surface area contributed by atoms with E-state index in [9.17, 15) is 10.5 Å². The summed E-state index contributed by atoms with van der Waals surface area (Å²) in [5.74, 6) is 7.33. The highest BCUT2D eigenvalue weighted by molar-refractivity contribution is 5.09. The number of likely N-dealkylation sites (tertiary alicyclic amines) is 1. The number of nitriles is 2. The summed E-state index contributed by atoms with van der Waals surface area (Å²) in [5.41, 5.74) is 0. The van der Waals surface area contributed by atoms with E-state index in [1.807, 2.05) is 0 Å². The molecule has 11 rings (SSSR count). The zero-order valence-electron chi connectivity index (χ0n) is 43.2. The van der Waals surface area contributed by atoms with Crippen molar-refractivity contribution < 1.29 is 0 Å². The maximum atomic E-state index is 9.97. The molecule has 10 aliphatic carbocycles. The Kier molecular flexibility index (Phi) is 16.3. The summed E-state index contributed by atoms with van der Waals surface area (Å²) in [6.45, 7) is 0. The fourth-order valence-corrected chi connectivity index (χ4v) is 20.6. The Hall–Kier alpha value is -1.14. The SMILES string of the molecule is N#CC1CCC(C2CCC(N3C4CCC(C5CCC(N(C6CCCCC6)C6CCCCC6)CC5)CC4C4CC(C5CCC(N(C6CCCCC6)C6CCCCC6)CC5)CCC43)CC2)CC1C#N. The minimum atomic E-state index is -0.0301. The van der Waals surface area contributed by atoms with Gasteiger partial charge in [-0.05, 0) is 234 Å². The molecular weight excluding hydrogens is 815 g/mol. The van der Waals surface area contributed by atoms with Crippen molar-refractivity contribution in [2.75, 3.05) is 0 Å². The maximum Gasteiger partial charge on any atom is 0.0669 e. The van der Waals surface area contributed by atoms with Crippen LogP contribution in [0, 0.1) is 81.8 Å². The zero-order valence-corrected chi connectivity index (χ0v) is 43.2. The van der Waals surface area contributed by atoms with Gasteiger partial charge in [-0.15, -0.1) is 0 Å². The van der Waals surface area contributed by atoms with Crippen molar-refractivity contribution in [2.24, 2.45) is 59.2 Å². The lowest BCUT2D eigenvalue weighted by Gasteiger charge is -2.50. The highest BCUT2D eigenvalue weighted by atomic mass is 15.3. The van der Waals surface area contributed by atoms with Crippen LogP contribution in [-0.2, 0) is 0 Å². The van der Waals surface area contributed by atoms with Crippen LogP contribution in [0.5, 0.6) is 0 Å². The van der Waals surface area contributed by atoms with Crippen LogP contribution in [0.2, 0.25) is 0 Å². The van der Waals surface area contributed by atoms with Crippen LogP contribution in [0.3, 0.4) is 0 Å². The van der Waals surface area contributed by atoms with E-state index in [-0.39, 0.29) is 11.8 Å². The first kappa shape index (κ1) is 48.1. The smallest absolute Gasteiger partial charge is 0.0669 e. The van der Waals surface area contributed by atoms with Crippen molar-refractivity contribution in [1.29, 1.82) is 10.5 Å². The standard InChI is InChI=1S/C62H101N5/c63-42-50-22-21-47(39-51(50)43-64)44-27-35-58(36-28-44)67-61-37-29-48(45-23-31-56(32-24-45)65(52-13-5-1-6-14-52)53-15-7-2-8-16-53)40-59(61)60-41-49(30-38-62(60)67)46-25-33-57(34-26-46)66(54-17-9-3-10-18-54)55-19-11-4-12-20-55/h44-62H,1-41H2. The Morgan fingerprint density at radius 3 is 0.970 bits per heavy atom. The van der Waals surface area contributed by atoms with Gasteiger partial charge in [-0.3, -0.25) is 14.7 Å². The molecule has 11 fully saturated rings. The summed E-state index contributed by atoms with van der Waals surface area (Å²) in [5, 5.41) is 19.7. The molecule has 9 atom stereocenters. The van der Waals surface area contributed by atoms with Crippen molar-refractivity contribution in [2.45, 2.75) is 318 Å². The van der Waals surface area contributed by atoms with Gasteiger partial charge in [0.05, 0.1) is 24.0 Å². The molecule has 0 aromatic rings. The van der Waals surface area contributed by atoms with E-state index >= 15 is 0 Å². The molecule has 0 aromatic carbocycles. The third-order valence-electron chi connectivity index (χ3n) is 23.8. The Balaban J connectivity index is 0.760. The summed E-state index contributed by atoms with van der Waals surface area (Å²) in [4.78, 5) is 9.80. The third kappa shape index (κ3) is 10.6. The van der Waals surface area contributed by atoms with Gasteiger partial charge in [-0.1, -0.05) is 77.0 Å². The molecule has 374 valence electrons. The molecule has 0 amide bonds. The number of rotatable bonds is 10. The fraction of sp³-hybridized carbons (Fsp3) is 0.968. The second-order valence-electron chi connectivity index (χ2n) is 26.9. The molecule has 1 heterocycles. The summed E-state index contributed by atoms with van der Waals surface area (Å²) in [6.07, 6.45) is 60.0. The molecule has 10 saturated carbocycles. The molecule has 0 spiro atoms. The molecule has 11 aliphatic rings. The highest BCUT2D eigenvalue weighted by Gasteiger charge is 2.56. The van der Waals surface area contributed by atoms with E-state index in [0.29, 0.717) is 5.92 Å². The van der Waals surface area contributed by atoms with Crippen LogP contribution in [0.4, 0.5) is 0 Å². The van der Waals surface area contributed by atoms with Gasteiger partial charge in [-0.25, -0.2) is 0 Å². The number of hydrogen-bond donors (Lipinski definition) is 0. The number of fused-ring (bicyclic) bond motifs is 3. The van der Waals surface area contributed by atoms with Gasteiger partial charge < -0.3 is 0 Å². The van der Waals surface area contributed by atoms with Gasteiger partial charge in [0.1, 0.15) is 0 Å². The first-order valence-electron chi connectivity index (χ1n) is 31.2. The minimum Gasteiger partial charge on any atom is -0.294 e. The van der Waals surface area contributed by atoms with Gasteiger partial charge >= 0.3 is 0 Å². The average Bonchev–Trinajstić information content (AvgIpc) is 3.73. The lowest BCUT2D eigenvalue weighted by atomic mass is 9.62. The lowest BCUT2D eigenvalue weighted by Crippen LogP contribution is -2.52. The summed E-state index contributed by atoms with van der Waals surface area (Å²) in [7, 11) is 0. The normalized spacial score (nSPS) is 43.9. The van der Waals surface area contributed by atoms with E-state index in [2.05, 4.69) is 26.8 Å². The second kappa shape index (κ2) is 22.7. The van der Waals surface area contributed by atoms with E-state index in [0.717, 1.165) is 109 Å². The molecule has 0 aromatic heterocycles. The minimum absolute atomic E-state index is 0.0259. The molecule has 5 nitrogen and oxygen atoms in total. The molecule has 0 N–H and O–H groups in total. The molecule has 5 heteroatoms. The molecule has 67 heavy (non-hydrogen) atoms. The van der Waals surface area contributed by atoms with Crippen molar-refractivity contribution in [3.05, 3.63) is 0 Å². The van der Waals surface area contributed by atoms with Crippen LogP contribution < -0.4 is 0 Å². The van der Waals surface area contributed by atoms with E-state index < -0.39 is 0 Å². The van der Waals surface area contributed by atoms with E-state index in [1.165, 1.54) is 238 Å². The molecule has 1 saturated heterocycles. The topological polar surface area (TPSA) is 57.3 Å². The quantitative estimate of drug-likeness (QED) is 0.219. The van der Waals surface area contributed by atoms with Crippen molar-refractivity contribution in [3.63, 3.8) is 0 Å². The molecule has 0 radical (unpaired) electrons. The monoisotopic (exact) mass is 916 g/mol. The predicted octanol–water partition coefficient (Wildman–Crippen LogP) is 15.6. The number of hydrogen-bond acceptors (Lipinski definition) is 5. The molecular formula is C62H101N5. The van der Waals surface area contributed by atoms with Gasteiger partial charge in [0, 0.05) is 54.4 Å². The predicted molar refractivity (Wildman–Crippen MR) is 275 cm³/mol. The van der Waals surface area contributed by atoms with Crippen LogP contribution in [-0.4, -0.2) is 69.1 Å². The maximum absolute atomic E-state index is 9.97. The van der Waals surface area contributed by atoms with Crippen molar-refractivity contribution >= 4 is 0 Å². The summed E-state index contributed by atoms with van der Waals surface area (Å²) in [6, 6.07) is 13.0. The highest BCUT2D eigenvalue weighted by Crippen LogP contribution is 2.58.